The van der Waals surface area contributed by atoms with Gasteiger partial charge >= 0.3 is 5.97 Å². The van der Waals surface area contributed by atoms with E-state index in [0.717, 1.165) is 9.13 Å². The molecule has 1 aliphatic heterocycles. The van der Waals surface area contributed by atoms with Gasteiger partial charge in [-0.15, -0.1) is 0 Å². The molecule has 0 amide bonds. The molecule has 0 aliphatic carbocycles. The third-order valence-electron chi connectivity index (χ3n) is 6.48. The number of hydrogen-bond acceptors (Lipinski definition) is 10. The van der Waals surface area contributed by atoms with Crippen LogP contribution in [0.3, 0.4) is 0 Å². The number of halogens is 1. The first-order valence-electron chi connectivity index (χ1n) is 12.8. The van der Waals surface area contributed by atoms with Crippen LogP contribution in [0.4, 0.5) is 0 Å². The van der Waals surface area contributed by atoms with E-state index in [-0.39, 0.29) is 36.7 Å². The van der Waals surface area contributed by atoms with Crippen molar-refractivity contribution in [1.29, 1.82) is 0 Å². The highest BCUT2D eigenvalue weighted by molar-refractivity contribution is 14.1. The lowest BCUT2D eigenvalue weighted by molar-refractivity contribution is -0.154. The fourth-order valence-electron chi connectivity index (χ4n) is 3.10. The average molecular weight is 681 g/mol. The van der Waals surface area contributed by atoms with Gasteiger partial charge in [-0.3, -0.25) is 0 Å². The van der Waals surface area contributed by atoms with E-state index < -0.39 is 26.5 Å². The van der Waals surface area contributed by atoms with Crippen LogP contribution in [0.1, 0.15) is 26.3 Å². The number of rotatable bonds is 19. The Morgan fingerprint density at radius 1 is 0.949 bits per heavy atom. The Labute approximate surface area is 246 Å². The lowest BCUT2D eigenvalue weighted by atomic mass is 10.1. The van der Waals surface area contributed by atoms with Crippen molar-refractivity contribution >= 4 is 36.9 Å². The van der Waals surface area contributed by atoms with Crippen molar-refractivity contribution in [2.24, 2.45) is 0 Å². The van der Waals surface area contributed by atoms with Gasteiger partial charge in [-0.25, -0.2) is 4.79 Å². The van der Waals surface area contributed by atoms with Crippen LogP contribution >= 0.6 is 22.6 Å². The minimum Gasteiger partial charge on any atom is -0.464 e. The maximum Gasteiger partial charge on any atom is 0.378 e. The van der Waals surface area contributed by atoms with Crippen LogP contribution in [-0.4, -0.2) is 87.3 Å². The molecule has 0 bridgehead atoms. The normalized spacial score (nSPS) is 16.9. The van der Waals surface area contributed by atoms with Crippen LogP contribution in [0.25, 0.3) is 0 Å². The Bertz CT molecular complexity index is 901. The van der Waals surface area contributed by atoms with Gasteiger partial charge in [0.25, 0.3) is 0 Å². The number of esters is 1. The van der Waals surface area contributed by atoms with E-state index in [1.54, 1.807) is 14.2 Å². The zero-order chi connectivity index (χ0) is 28.9. The summed E-state index contributed by atoms with van der Waals surface area (Å²) in [5, 5.41) is -0.0157. The second-order valence-electron chi connectivity index (χ2n) is 10.4. The largest absolute Gasteiger partial charge is 0.464 e. The molecule has 222 valence electrons. The van der Waals surface area contributed by atoms with Crippen LogP contribution in [-0.2, 0) is 53.7 Å². The average Bonchev–Trinajstić information content (AvgIpc) is 3.19. The second-order valence-corrected chi connectivity index (χ2v) is 16.4. The highest BCUT2D eigenvalue weighted by Crippen LogP contribution is 2.37. The van der Waals surface area contributed by atoms with E-state index in [2.05, 4.69) is 56.5 Å². The molecular formula is C27H43IO10Si. The fraction of sp³-hybridized carbons (Fsp3) is 0.667. The third-order valence-corrected chi connectivity index (χ3v) is 11.7. The van der Waals surface area contributed by atoms with Crippen molar-refractivity contribution in [3.8, 4) is 0 Å². The summed E-state index contributed by atoms with van der Waals surface area (Å²) in [4.78, 5) is 12.9. The van der Waals surface area contributed by atoms with Crippen LogP contribution in [0.15, 0.2) is 35.8 Å². The molecule has 12 heteroatoms. The summed E-state index contributed by atoms with van der Waals surface area (Å²) in [6.45, 7) is 12.4. The zero-order valence-electron chi connectivity index (χ0n) is 24.1. The number of methoxy groups -OCH3 is 2. The molecule has 39 heavy (non-hydrogen) atoms. The Kier molecular flexibility index (Phi) is 14.7. The fourth-order valence-corrected chi connectivity index (χ4v) is 4.47. The molecule has 1 aromatic carbocycles. The molecule has 10 nitrogen and oxygen atoms in total. The number of ether oxygens (including phenoxy) is 8. The molecule has 0 unspecified atom stereocenters. The van der Waals surface area contributed by atoms with E-state index >= 15 is 0 Å². The molecule has 1 aliphatic rings. The van der Waals surface area contributed by atoms with E-state index in [1.165, 1.54) is 0 Å². The first-order chi connectivity index (χ1) is 18.5. The summed E-state index contributed by atoms with van der Waals surface area (Å²) in [5.41, 5.74) is 0.981. The van der Waals surface area contributed by atoms with Crippen LogP contribution in [0.5, 0.6) is 0 Å². The first kappa shape index (κ1) is 33.9. The van der Waals surface area contributed by atoms with E-state index in [9.17, 15) is 4.79 Å². The summed E-state index contributed by atoms with van der Waals surface area (Å²) in [6.07, 6.45) is -1.56. The van der Waals surface area contributed by atoms with Crippen molar-refractivity contribution in [2.45, 2.75) is 57.7 Å². The van der Waals surface area contributed by atoms with Gasteiger partial charge in [0.15, 0.2) is 33.8 Å². The van der Waals surface area contributed by atoms with Gasteiger partial charge in [0.05, 0.1) is 39.6 Å². The van der Waals surface area contributed by atoms with Gasteiger partial charge < -0.3 is 42.3 Å². The Morgan fingerprint density at radius 3 is 2.10 bits per heavy atom. The summed E-state index contributed by atoms with van der Waals surface area (Å²) in [6, 6.07) is 8.02. The lowest BCUT2D eigenvalue weighted by Gasteiger charge is -2.37. The van der Waals surface area contributed by atoms with Gasteiger partial charge in [-0.05, 0) is 58.4 Å². The maximum absolute atomic E-state index is 12.9. The van der Waals surface area contributed by atoms with E-state index in [1.807, 2.05) is 24.3 Å². The molecule has 0 saturated heterocycles. The summed E-state index contributed by atoms with van der Waals surface area (Å²) in [7, 11) is 1.01. The number of cyclic esters (lactones) is 1. The van der Waals surface area contributed by atoms with Gasteiger partial charge in [0, 0.05) is 17.8 Å². The monoisotopic (exact) mass is 680 g/mol. The Morgan fingerprint density at radius 2 is 1.54 bits per heavy atom. The molecule has 0 spiro atoms. The van der Waals surface area contributed by atoms with Crippen LogP contribution in [0, 0.1) is 3.57 Å². The predicted molar refractivity (Wildman–Crippen MR) is 155 cm³/mol. The number of carbonyl (C=O) groups excluding carboxylic acids is 1. The third kappa shape index (κ3) is 11.3. The Balaban J connectivity index is 2.27. The molecular weight excluding hydrogens is 637 g/mol. The number of hydrogen-bond donors (Lipinski definition) is 0. The van der Waals surface area contributed by atoms with Crippen molar-refractivity contribution in [3.05, 3.63) is 44.9 Å². The van der Waals surface area contributed by atoms with Crippen molar-refractivity contribution < 1.29 is 47.1 Å². The first-order valence-corrected chi connectivity index (χ1v) is 16.8. The molecule has 0 radical (unpaired) electrons. The Hall–Kier alpha value is -1.26. The molecule has 2 atom stereocenters. The van der Waals surface area contributed by atoms with Gasteiger partial charge in [-0.1, -0.05) is 32.9 Å². The van der Waals surface area contributed by atoms with Gasteiger partial charge in [0.1, 0.15) is 6.10 Å². The minimum atomic E-state index is -2.14. The molecule has 0 N–H and O–H groups in total. The number of benzene rings is 1. The highest BCUT2D eigenvalue weighted by Gasteiger charge is 2.45. The van der Waals surface area contributed by atoms with Crippen molar-refractivity contribution in [2.75, 3.05) is 60.8 Å². The van der Waals surface area contributed by atoms with Gasteiger partial charge in [0.2, 0.25) is 5.76 Å². The second kappa shape index (κ2) is 16.9. The van der Waals surface area contributed by atoms with Crippen LogP contribution in [0.2, 0.25) is 18.1 Å². The number of carbonyl (C=O) groups is 1. The summed E-state index contributed by atoms with van der Waals surface area (Å²) < 4.78 is 52.1. The smallest absolute Gasteiger partial charge is 0.378 e. The van der Waals surface area contributed by atoms with Gasteiger partial charge in [-0.2, -0.15) is 0 Å². The van der Waals surface area contributed by atoms with Crippen LogP contribution < -0.4 is 0 Å². The summed E-state index contributed by atoms with van der Waals surface area (Å²) >= 11 is 2.26. The molecule has 2 rings (SSSR count). The van der Waals surface area contributed by atoms with Crippen molar-refractivity contribution in [3.63, 3.8) is 0 Å². The SMILES string of the molecule is COCCOCOC1=C(OCOCCOC)[C@@H]([C@H](CO[Si](C)(C)C(C)(C)C)OCc2ccc([125I])cc2)OC1=O. The standard InChI is InChI=1S/C27H43IO10Si/c1-27(2,3)39(6,7)37-17-22(34-16-20-8-10-21(28)11-9-20)23-24(35-18-32-14-12-30-4)25(26(29)38-23)36-19-33-15-13-31-5/h8-11,22-23H,12-19H2,1-7H3/t22-,23+/m0/s1/i28-2. The molecule has 1 aromatic rings. The van der Waals surface area contributed by atoms with E-state index in [4.69, 9.17) is 42.3 Å². The molecule has 0 saturated carbocycles. The minimum absolute atomic E-state index is 0.0157. The quantitative estimate of drug-likeness (QED) is 0.0678. The maximum atomic E-state index is 12.9. The zero-order valence-corrected chi connectivity index (χ0v) is 27.2. The molecule has 0 fully saturated rings. The van der Waals surface area contributed by atoms with Crippen molar-refractivity contribution in [1.82, 2.24) is 0 Å². The highest BCUT2D eigenvalue weighted by atomic mass is 125. The lowest BCUT2D eigenvalue weighted by Crippen LogP contribution is -2.45. The topological polar surface area (TPSA) is 100 Å². The predicted octanol–water partition coefficient (Wildman–Crippen LogP) is 4.61. The van der Waals surface area contributed by atoms with E-state index in [0.29, 0.717) is 33.0 Å². The molecule has 0 aromatic heterocycles. The molecule has 1 heterocycles. The summed E-state index contributed by atoms with van der Waals surface area (Å²) in [5.74, 6) is -0.570.